The number of benzene rings is 2. The van der Waals surface area contributed by atoms with E-state index in [1.807, 2.05) is 69.3 Å². The number of hydrogen-bond donors (Lipinski definition) is 1. The van der Waals surface area contributed by atoms with E-state index in [1.54, 1.807) is 28.9 Å². The Morgan fingerprint density at radius 2 is 1.80 bits per heavy atom. The molecule has 3 fully saturated rings. The van der Waals surface area contributed by atoms with Crippen LogP contribution in [-0.2, 0) is 25.7 Å². The summed E-state index contributed by atoms with van der Waals surface area (Å²) in [6, 6.07) is 14.0. The Labute approximate surface area is 261 Å². The van der Waals surface area contributed by atoms with Crippen LogP contribution in [0.3, 0.4) is 0 Å². The number of aliphatic hydroxyl groups excluding tert-OH is 1. The van der Waals surface area contributed by atoms with Crippen molar-refractivity contribution in [1.82, 2.24) is 9.80 Å². The summed E-state index contributed by atoms with van der Waals surface area (Å²) in [6.45, 7) is 16.1. The summed E-state index contributed by atoms with van der Waals surface area (Å²) in [5, 5.41) is 10.3. The Balaban J connectivity index is 1.61. The van der Waals surface area contributed by atoms with E-state index in [-0.39, 0.29) is 30.9 Å². The van der Waals surface area contributed by atoms with E-state index >= 15 is 0 Å². The second-order valence-corrected chi connectivity index (χ2v) is 12.6. The molecule has 2 unspecified atom stereocenters. The molecule has 0 aromatic heterocycles. The van der Waals surface area contributed by atoms with Gasteiger partial charge in [-0.2, -0.15) is 0 Å². The van der Waals surface area contributed by atoms with Crippen LogP contribution in [0.4, 0.5) is 5.69 Å². The summed E-state index contributed by atoms with van der Waals surface area (Å²) in [7, 11) is 0. The predicted molar refractivity (Wildman–Crippen MR) is 171 cm³/mol. The van der Waals surface area contributed by atoms with Gasteiger partial charge in [-0.3, -0.25) is 14.4 Å². The zero-order valence-electron chi connectivity index (χ0n) is 26.4. The largest absolute Gasteiger partial charge is 0.394 e. The van der Waals surface area contributed by atoms with Crippen molar-refractivity contribution in [3.63, 3.8) is 0 Å². The summed E-state index contributed by atoms with van der Waals surface area (Å²) in [5.74, 6) is -2.38. The van der Waals surface area contributed by atoms with Crippen molar-refractivity contribution in [1.29, 1.82) is 0 Å². The van der Waals surface area contributed by atoms with Crippen molar-refractivity contribution in [3.8, 4) is 0 Å². The highest BCUT2D eigenvalue weighted by Gasteiger charge is 2.79. The Kier molecular flexibility index (Phi) is 8.87. The molecule has 3 saturated heterocycles. The van der Waals surface area contributed by atoms with Crippen molar-refractivity contribution in [3.05, 3.63) is 90.5 Å². The molecule has 5 rings (SSSR count). The van der Waals surface area contributed by atoms with Crippen LogP contribution in [0.1, 0.15) is 49.8 Å². The normalized spacial score (nSPS) is 27.6. The van der Waals surface area contributed by atoms with E-state index in [9.17, 15) is 19.5 Å². The summed E-state index contributed by atoms with van der Waals surface area (Å²) < 4.78 is 6.99. The number of anilines is 1. The number of carbonyl (C=O) groups is 3. The van der Waals surface area contributed by atoms with Gasteiger partial charge in [0.1, 0.15) is 11.6 Å². The van der Waals surface area contributed by atoms with Crippen molar-refractivity contribution in [2.24, 2.45) is 11.8 Å². The van der Waals surface area contributed by atoms with Crippen LogP contribution in [0.2, 0.25) is 0 Å². The van der Waals surface area contributed by atoms with Gasteiger partial charge >= 0.3 is 0 Å². The van der Waals surface area contributed by atoms with Gasteiger partial charge in [0, 0.05) is 25.3 Å². The molecule has 234 valence electrons. The van der Waals surface area contributed by atoms with Gasteiger partial charge < -0.3 is 24.5 Å². The number of carbonyl (C=O) groups excluding carboxylic acids is 3. The molecule has 8 nitrogen and oxygen atoms in total. The molecule has 3 heterocycles. The summed E-state index contributed by atoms with van der Waals surface area (Å²) in [4.78, 5) is 49.0. The van der Waals surface area contributed by atoms with E-state index < -0.39 is 35.1 Å². The van der Waals surface area contributed by atoms with Crippen molar-refractivity contribution in [2.75, 3.05) is 24.6 Å². The lowest BCUT2D eigenvalue weighted by Gasteiger charge is -2.39. The summed E-state index contributed by atoms with van der Waals surface area (Å²) in [6.07, 6.45) is 4.94. The van der Waals surface area contributed by atoms with Crippen LogP contribution in [0.25, 0.3) is 0 Å². The number of fused-ring (bicyclic) bond motifs is 1. The molecule has 2 bridgehead atoms. The summed E-state index contributed by atoms with van der Waals surface area (Å²) >= 11 is 0. The van der Waals surface area contributed by atoms with E-state index in [1.165, 1.54) is 4.90 Å². The van der Waals surface area contributed by atoms with Crippen LogP contribution >= 0.6 is 0 Å². The van der Waals surface area contributed by atoms with Crippen LogP contribution in [-0.4, -0.2) is 75.6 Å². The van der Waals surface area contributed by atoms with Gasteiger partial charge in [0.25, 0.3) is 5.91 Å². The molecule has 8 heteroatoms. The zero-order valence-corrected chi connectivity index (χ0v) is 26.4. The second kappa shape index (κ2) is 12.3. The third-order valence-corrected chi connectivity index (χ3v) is 9.97. The van der Waals surface area contributed by atoms with E-state index in [0.29, 0.717) is 32.4 Å². The molecule has 0 saturated carbocycles. The second-order valence-electron chi connectivity index (χ2n) is 12.6. The Morgan fingerprint density at radius 1 is 1.09 bits per heavy atom. The van der Waals surface area contributed by atoms with E-state index in [4.69, 9.17) is 4.74 Å². The number of rotatable bonds is 12. The third kappa shape index (κ3) is 4.98. The maximum Gasteiger partial charge on any atom is 0.253 e. The SMILES string of the molecule is C=CCN(Cc1ccccc1)C(=O)[C@@H]1[C@H]2C(=O)N([C@H](C)CO)C(C(=O)N(CC=C)c3cc(C)ccc3C)C23CC[C@@]1(CC)O3. The lowest BCUT2D eigenvalue weighted by Crippen LogP contribution is -2.58. The third-order valence-electron chi connectivity index (χ3n) is 9.97. The number of aryl methyl sites for hydroxylation is 2. The van der Waals surface area contributed by atoms with Gasteiger partial charge in [-0.15, -0.1) is 13.2 Å². The number of likely N-dealkylation sites (tertiary alicyclic amines) is 1. The fourth-order valence-electron chi connectivity index (χ4n) is 7.86. The minimum Gasteiger partial charge on any atom is -0.394 e. The van der Waals surface area contributed by atoms with Gasteiger partial charge in [-0.1, -0.05) is 61.5 Å². The van der Waals surface area contributed by atoms with Crippen LogP contribution < -0.4 is 4.90 Å². The molecule has 6 atom stereocenters. The molecule has 2 aromatic rings. The molecule has 1 spiro atoms. The number of aliphatic hydroxyl groups is 1. The fraction of sp³-hybridized carbons (Fsp3) is 0.472. The first-order valence-electron chi connectivity index (χ1n) is 15.7. The quantitative estimate of drug-likeness (QED) is 0.361. The highest BCUT2D eigenvalue weighted by atomic mass is 16.5. The minimum atomic E-state index is -1.20. The average Bonchev–Trinajstić information content (AvgIpc) is 3.64. The Bertz CT molecular complexity index is 1440. The maximum absolute atomic E-state index is 14.9. The van der Waals surface area contributed by atoms with Crippen molar-refractivity contribution in [2.45, 2.75) is 76.8 Å². The molecule has 3 aliphatic heterocycles. The number of nitrogens with zero attached hydrogens (tertiary/aromatic N) is 3. The van der Waals surface area contributed by atoms with E-state index in [2.05, 4.69) is 13.2 Å². The lowest BCUT2D eigenvalue weighted by atomic mass is 9.64. The summed E-state index contributed by atoms with van der Waals surface area (Å²) in [5.41, 5.74) is 1.56. The number of ether oxygens (including phenoxy) is 1. The monoisotopic (exact) mass is 599 g/mol. The highest BCUT2D eigenvalue weighted by Crippen LogP contribution is 2.65. The van der Waals surface area contributed by atoms with Crippen LogP contribution in [0.15, 0.2) is 73.8 Å². The molecule has 1 N–H and O–H groups in total. The van der Waals surface area contributed by atoms with Crippen LogP contribution in [0.5, 0.6) is 0 Å². The lowest BCUT2D eigenvalue weighted by molar-refractivity contribution is -0.153. The Morgan fingerprint density at radius 3 is 2.43 bits per heavy atom. The first-order valence-corrected chi connectivity index (χ1v) is 15.7. The Hall–Kier alpha value is -3.75. The highest BCUT2D eigenvalue weighted by molar-refractivity contribution is 6.05. The van der Waals surface area contributed by atoms with Crippen LogP contribution in [0, 0.1) is 25.7 Å². The van der Waals surface area contributed by atoms with Gasteiger partial charge in [0.2, 0.25) is 11.8 Å². The molecule has 0 radical (unpaired) electrons. The van der Waals surface area contributed by atoms with Gasteiger partial charge in [-0.05, 0) is 62.8 Å². The van der Waals surface area contributed by atoms with E-state index in [0.717, 1.165) is 22.4 Å². The molecular formula is C36H45N3O5. The van der Waals surface area contributed by atoms with Gasteiger partial charge in [0.05, 0.1) is 30.1 Å². The van der Waals surface area contributed by atoms with Gasteiger partial charge in [-0.25, -0.2) is 0 Å². The minimum absolute atomic E-state index is 0.169. The molecule has 44 heavy (non-hydrogen) atoms. The van der Waals surface area contributed by atoms with Gasteiger partial charge in [0.15, 0.2) is 0 Å². The smallest absolute Gasteiger partial charge is 0.253 e. The first kappa shape index (κ1) is 31.7. The van der Waals surface area contributed by atoms with Crippen molar-refractivity contribution < 1.29 is 24.2 Å². The maximum atomic E-state index is 14.9. The fourth-order valence-corrected chi connectivity index (χ4v) is 7.86. The number of hydrogen-bond acceptors (Lipinski definition) is 5. The predicted octanol–water partition coefficient (Wildman–Crippen LogP) is 4.57. The topological polar surface area (TPSA) is 90.4 Å². The standard InChI is InChI=1S/C36H45N3O5/c1-7-19-37(22-27-13-11-10-12-14-27)32(41)29-30-33(42)39(26(6)23-40)31(36(30)18-17-35(29,9-3)44-36)34(43)38(20-8-2)28-21-24(4)15-16-25(28)5/h7-8,10-16,21,26,29-31,40H,1-2,9,17-20,22-23H2,3-6H3/t26-,29+,30+,31?,35-,36?/m1/s1. The zero-order chi connectivity index (χ0) is 31.8. The first-order chi connectivity index (χ1) is 21.1. The molecule has 2 aromatic carbocycles. The molecule has 0 aliphatic carbocycles. The van der Waals surface area contributed by atoms with Crippen molar-refractivity contribution >= 4 is 23.4 Å². The molecule has 3 amide bonds. The molecule has 3 aliphatic rings. The average molecular weight is 600 g/mol. The number of amides is 3. The molecular weight excluding hydrogens is 554 g/mol.